The standard InChI is InChI=1S/C20H17N3O2S/c1-10-8-13(11(2)26-10)16-14(9-21)19(22)25-18-12-6-4-5-7-15(12)23(3)20(24)17(16)18/h4-8,16H,22H2,1-3H3. The van der Waals surface area contributed by atoms with Crippen LogP contribution in [0.4, 0.5) is 0 Å². The molecule has 0 fully saturated rings. The molecule has 1 aliphatic heterocycles. The van der Waals surface area contributed by atoms with E-state index in [-0.39, 0.29) is 17.0 Å². The topological polar surface area (TPSA) is 81.0 Å². The lowest BCUT2D eigenvalue weighted by molar-refractivity contribution is 0.396. The number of aromatic nitrogens is 1. The molecule has 0 radical (unpaired) electrons. The normalized spacial score (nSPS) is 16.3. The summed E-state index contributed by atoms with van der Waals surface area (Å²) in [4.78, 5) is 15.4. The fourth-order valence-corrected chi connectivity index (χ4v) is 4.64. The first kappa shape index (κ1) is 16.4. The number of hydrogen-bond donors (Lipinski definition) is 1. The number of fused-ring (bicyclic) bond motifs is 3. The largest absolute Gasteiger partial charge is 0.439 e. The molecule has 0 saturated carbocycles. The molecule has 0 bridgehead atoms. The van der Waals surface area contributed by atoms with Crippen molar-refractivity contribution in [2.24, 2.45) is 12.8 Å². The first-order valence-electron chi connectivity index (χ1n) is 8.20. The lowest BCUT2D eigenvalue weighted by Gasteiger charge is -2.27. The lowest BCUT2D eigenvalue weighted by Crippen LogP contribution is -2.31. The highest BCUT2D eigenvalue weighted by molar-refractivity contribution is 7.12. The molecule has 2 N–H and O–H groups in total. The van der Waals surface area contributed by atoms with Gasteiger partial charge < -0.3 is 15.0 Å². The summed E-state index contributed by atoms with van der Waals surface area (Å²) in [7, 11) is 1.74. The Labute approximate surface area is 154 Å². The van der Waals surface area contributed by atoms with Crippen LogP contribution in [0.15, 0.2) is 46.6 Å². The number of thiophene rings is 1. The maximum absolute atomic E-state index is 13.2. The number of nitrogens with two attached hydrogens (primary N) is 1. The number of rotatable bonds is 1. The van der Waals surface area contributed by atoms with E-state index in [4.69, 9.17) is 10.5 Å². The third kappa shape index (κ3) is 2.18. The molecule has 5 nitrogen and oxygen atoms in total. The summed E-state index contributed by atoms with van der Waals surface area (Å²) in [6.45, 7) is 4.01. The fraction of sp³-hybridized carbons (Fsp3) is 0.200. The van der Waals surface area contributed by atoms with Crippen molar-refractivity contribution in [2.45, 2.75) is 19.8 Å². The number of nitriles is 1. The summed E-state index contributed by atoms with van der Waals surface area (Å²) in [6, 6.07) is 11.7. The zero-order chi connectivity index (χ0) is 18.6. The van der Waals surface area contributed by atoms with Crippen LogP contribution < -0.4 is 16.0 Å². The SMILES string of the molecule is Cc1cc(C2C(C#N)=C(N)Oc3c2c(=O)n(C)c2ccccc32)c(C)s1. The minimum absolute atomic E-state index is 0.0617. The zero-order valence-corrected chi connectivity index (χ0v) is 15.5. The van der Waals surface area contributed by atoms with Gasteiger partial charge in [0.15, 0.2) is 0 Å². The van der Waals surface area contributed by atoms with Crippen LogP contribution in [0, 0.1) is 25.2 Å². The van der Waals surface area contributed by atoms with Crippen LogP contribution in [0.2, 0.25) is 0 Å². The number of hydrogen-bond acceptors (Lipinski definition) is 5. The Morgan fingerprint density at radius 1 is 1.31 bits per heavy atom. The van der Waals surface area contributed by atoms with Gasteiger partial charge in [0, 0.05) is 22.2 Å². The molecule has 1 unspecified atom stereocenters. The Morgan fingerprint density at radius 2 is 2.04 bits per heavy atom. The highest BCUT2D eigenvalue weighted by Gasteiger charge is 2.36. The van der Waals surface area contributed by atoms with E-state index in [2.05, 4.69) is 6.07 Å². The van der Waals surface area contributed by atoms with Crippen molar-refractivity contribution in [1.29, 1.82) is 5.26 Å². The molecule has 0 saturated heterocycles. The van der Waals surface area contributed by atoms with E-state index in [1.165, 1.54) is 0 Å². The smallest absolute Gasteiger partial charge is 0.258 e. The Bertz CT molecular complexity index is 1190. The van der Waals surface area contributed by atoms with Gasteiger partial charge in [0.05, 0.1) is 17.0 Å². The maximum atomic E-state index is 13.2. The second-order valence-corrected chi connectivity index (χ2v) is 7.88. The van der Waals surface area contributed by atoms with E-state index in [1.54, 1.807) is 23.0 Å². The van der Waals surface area contributed by atoms with E-state index in [0.29, 0.717) is 11.3 Å². The van der Waals surface area contributed by atoms with Gasteiger partial charge in [-0.3, -0.25) is 4.79 Å². The van der Waals surface area contributed by atoms with Gasteiger partial charge in [0.1, 0.15) is 17.4 Å². The minimum Gasteiger partial charge on any atom is -0.439 e. The average Bonchev–Trinajstić information content (AvgIpc) is 2.96. The predicted octanol–water partition coefficient (Wildman–Crippen LogP) is 3.44. The lowest BCUT2D eigenvalue weighted by atomic mass is 9.83. The van der Waals surface area contributed by atoms with Crippen molar-refractivity contribution < 1.29 is 4.74 Å². The molecule has 130 valence electrons. The number of aryl methyl sites for hydroxylation is 3. The van der Waals surface area contributed by atoms with Gasteiger partial charge in [-0.05, 0) is 37.6 Å². The number of nitrogens with zero attached hydrogens (tertiary/aromatic N) is 2. The molecule has 0 aliphatic carbocycles. The van der Waals surface area contributed by atoms with Crippen molar-refractivity contribution in [1.82, 2.24) is 4.57 Å². The van der Waals surface area contributed by atoms with Gasteiger partial charge in [0.25, 0.3) is 5.56 Å². The summed E-state index contributed by atoms with van der Waals surface area (Å²) in [5.41, 5.74) is 8.38. The van der Waals surface area contributed by atoms with Gasteiger partial charge in [-0.1, -0.05) is 12.1 Å². The predicted molar refractivity (Wildman–Crippen MR) is 102 cm³/mol. The summed E-state index contributed by atoms with van der Waals surface area (Å²) < 4.78 is 7.41. The third-order valence-electron chi connectivity index (χ3n) is 4.86. The van der Waals surface area contributed by atoms with Crippen molar-refractivity contribution in [3.05, 3.63) is 73.0 Å². The van der Waals surface area contributed by atoms with E-state index in [9.17, 15) is 10.1 Å². The van der Waals surface area contributed by atoms with E-state index >= 15 is 0 Å². The summed E-state index contributed by atoms with van der Waals surface area (Å²) in [6.07, 6.45) is 0. The van der Waals surface area contributed by atoms with Gasteiger partial charge in [-0.25, -0.2) is 0 Å². The van der Waals surface area contributed by atoms with Crippen LogP contribution in [-0.2, 0) is 7.05 Å². The van der Waals surface area contributed by atoms with Crippen LogP contribution in [-0.4, -0.2) is 4.57 Å². The molecule has 1 aromatic carbocycles. The summed E-state index contributed by atoms with van der Waals surface area (Å²) >= 11 is 1.64. The molecule has 3 aromatic rings. The molecule has 4 rings (SSSR count). The van der Waals surface area contributed by atoms with Crippen LogP contribution in [0.1, 0.15) is 26.8 Å². The molecule has 3 heterocycles. The molecule has 2 aromatic heterocycles. The first-order valence-corrected chi connectivity index (χ1v) is 9.01. The van der Waals surface area contributed by atoms with Crippen molar-refractivity contribution in [2.75, 3.05) is 0 Å². The van der Waals surface area contributed by atoms with Gasteiger partial charge in [-0.15, -0.1) is 11.3 Å². The first-order chi connectivity index (χ1) is 12.4. The third-order valence-corrected chi connectivity index (χ3v) is 5.84. The Kier molecular flexibility index (Phi) is 3.63. The summed E-state index contributed by atoms with van der Waals surface area (Å²) in [5, 5.41) is 10.5. The zero-order valence-electron chi connectivity index (χ0n) is 14.7. The number of pyridine rings is 1. The number of allylic oxidation sites excluding steroid dienone is 1. The van der Waals surface area contributed by atoms with Crippen LogP contribution in [0.3, 0.4) is 0 Å². The molecular formula is C20H17N3O2S. The summed E-state index contributed by atoms with van der Waals surface area (Å²) in [5.74, 6) is -0.00267. The van der Waals surface area contributed by atoms with Gasteiger partial charge >= 0.3 is 0 Å². The molecule has 6 heteroatoms. The highest BCUT2D eigenvalue weighted by Crippen LogP contribution is 2.45. The molecule has 0 amide bonds. The second-order valence-electron chi connectivity index (χ2n) is 6.42. The van der Waals surface area contributed by atoms with Crippen LogP contribution >= 0.6 is 11.3 Å². The van der Waals surface area contributed by atoms with E-state index in [1.807, 2.05) is 44.2 Å². The molecular weight excluding hydrogens is 346 g/mol. The number of para-hydroxylation sites is 1. The fourth-order valence-electron chi connectivity index (χ4n) is 3.67. The van der Waals surface area contributed by atoms with Crippen molar-refractivity contribution in [3.63, 3.8) is 0 Å². The Balaban J connectivity index is 2.16. The monoisotopic (exact) mass is 363 g/mol. The minimum atomic E-state index is -0.517. The number of ether oxygens (including phenoxy) is 1. The van der Waals surface area contributed by atoms with Gasteiger partial charge in [0.2, 0.25) is 5.88 Å². The molecule has 0 spiro atoms. The van der Waals surface area contributed by atoms with E-state index < -0.39 is 5.92 Å². The number of benzene rings is 1. The highest BCUT2D eigenvalue weighted by atomic mass is 32.1. The van der Waals surface area contributed by atoms with Crippen LogP contribution in [0.5, 0.6) is 5.75 Å². The second kappa shape index (κ2) is 5.75. The van der Waals surface area contributed by atoms with E-state index in [0.717, 1.165) is 26.2 Å². The Morgan fingerprint density at radius 3 is 2.69 bits per heavy atom. The van der Waals surface area contributed by atoms with Crippen molar-refractivity contribution in [3.8, 4) is 11.8 Å². The average molecular weight is 363 g/mol. The molecule has 1 aliphatic rings. The Hall–Kier alpha value is -3.04. The molecule has 26 heavy (non-hydrogen) atoms. The molecule has 1 atom stereocenters. The van der Waals surface area contributed by atoms with Crippen molar-refractivity contribution >= 4 is 22.2 Å². The van der Waals surface area contributed by atoms with Gasteiger partial charge in [-0.2, -0.15) is 5.26 Å². The quantitative estimate of drug-likeness (QED) is 0.718. The van der Waals surface area contributed by atoms with Crippen LogP contribution in [0.25, 0.3) is 10.9 Å². The maximum Gasteiger partial charge on any atom is 0.258 e.